The van der Waals surface area contributed by atoms with E-state index in [0.717, 1.165) is 19.3 Å². The van der Waals surface area contributed by atoms with Gasteiger partial charge in [0.25, 0.3) is 0 Å². The molecular weight excluding hydrogens is 433 g/mol. The Labute approximate surface area is 199 Å². The van der Waals surface area contributed by atoms with Gasteiger partial charge in [-0.25, -0.2) is 9.18 Å². The number of urea groups is 1. The summed E-state index contributed by atoms with van der Waals surface area (Å²) in [6.45, 7) is 2.58. The van der Waals surface area contributed by atoms with Crippen LogP contribution in [0, 0.1) is 5.82 Å². The molecular formula is C27H30FN3O3. The van der Waals surface area contributed by atoms with Gasteiger partial charge in [0.05, 0.1) is 5.69 Å². The van der Waals surface area contributed by atoms with E-state index < -0.39 is 11.8 Å². The molecule has 0 aromatic heterocycles. The van der Waals surface area contributed by atoms with Gasteiger partial charge in [-0.2, -0.15) is 0 Å². The Balaban J connectivity index is 1.69. The number of halogens is 1. The molecule has 0 aliphatic carbocycles. The van der Waals surface area contributed by atoms with Crippen LogP contribution in [0.2, 0.25) is 0 Å². The maximum Gasteiger partial charge on any atom is 0.326 e. The molecule has 0 unspecified atom stereocenters. The summed E-state index contributed by atoms with van der Waals surface area (Å²) in [7, 11) is 0. The monoisotopic (exact) mass is 463 g/mol. The summed E-state index contributed by atoms with van der Waals surface area (Å²) in [6.07, 6.45) is 3.34. The van der Waals surface area contributed by atoms with Gasteiger partial charge in [-0.1, -0.05) is 50.1 Å². The first-order chi connectivity index (χ1) is 16.6. The lowest BCUT2D eigenvalue weighted by atomic mass is 10.2. The number of benzene rings is 3. The summed E-state index contributed by atoms with van der Waals surface area (Å²) in [5, 5.41) is 5.47. The molecule has 6 nitrogen and oxygen atoms in total. The van der Waals surface area contributed by atoms with E-state index in [1.807, 2.05) is 30.3 Å². The third kappa shape index (κ3) is 7.62. The number of rotatable bonds is 11. The van der Waals surface area contributed by atoms with Crippen LogP contribution >= 0.6 is 0 Å². The van der Waals surface area contributed by atoms with Gasteiger partial charge in [0.2, 0.25) is 5.91 Å². The van der Waals surface area contributed by atoms with Crippen LogP contribution in [-0.2, 0) is 4.79 Å². The zero-order valence-corrected chi connectivity index (χ0v) is 19.3. The van der Waals surface area contributed by atoms with Gasteiger partial charge < -0.3 is 15.4 Å². The van der Waals surface area contributed by atoms with Gasteiger partial charge in [-0.15, -0.1) is 0 Å². The number of nitrogens with zero attached hydrogens (tertiary/aromatic N) is 1. The Hall–Kier alpha value is -3.87. The van der Waals surface area contributed by atoms with Crippen molar-refractivity contribution in [3.8, 4) is 11.5 Å². The van der Waals surface area contributed by atoms with E-state index in [-0.39, 0.29) is 24.7 Å². The Bertz CT molecular complexity index is 1060. The Kier molecular flexibility index (Phi) is 9.46. The van der Waals surface area contributed by atoms with Crippen molar-refractivity contribution in [1.82, 2.24) is 5.32 Å². The predicted molar refractivity (Wildman–Crippen MR) is 133 cm³/mol. The highest BCUT2D eigenvalue weighted by Gasteiger charge is 2.18. The smallest absolute Gasteiger partial charge is 0.326 e. The SMILES string of the molecule is CCCCCC(=O)NCCN(C(=O)Nc1ccccc1F)c1ccc(Oc2ccccc2)cc1. The third-order valence-electron chi connectivity index (χ3n) is 5.15. The molecule has 3 amide bonds. The van der Waals surface area contributed by atoms with Crippen LogP contribution in [0.4, 0.5) is 20.6 Å². The number of unbranched alkanes of at least 4 members (excludes halogenated alkanes) is 2. The molecule has 34 heavy (non-hydrogen) atoms. The minimum atomic E-state index is -0.522. The summed E-state index contributed by atoms with van der Waals surface area (Å²) in [5.41, 5.74) is 0.680. The fourth-order valence-electron chi connectivity index (χ4n) is 3.34. The van der Waals surface area contributed by atoms with Crippen LogP contribution in [0.25, 0.3) is 0 Å². The molecule has 7 heteroatoms. The highest BCUT2D eigenvalue weighted by molar-refractivity contribution is 6.01. The number of carbonyl (C=O) groups is 2. The molecule has 3 aromatic rings. The van der Waals surface area contributed by atoms with Crippen LogP contribution in [0.5, 0.6) is 11.5 Å². The molecule has 178 valence electrons. The molecule has 0 saturated carbocycles. The minimum Gasteiger partial charge on any atom is -0.457 e. The lowest BCUT2D eigenvalue weighted by Gasteiger charge is -2.24. The molecule has 2 N–H and O–H groups in total. The number of nitrogens with one attached hydrogen (secondary N) is 2. The second kappa shape index (κ2) is 13.0. The van der Waals surface area contributed by atoms with Crippen molar-refractivity contribution < 1.29 is 18.7 Å². The Morgan fingerprint density at radius 3 is 2.26 bits per heavy atom. The number of ether oxygens (including phenoxy) is 1. The van der Waals surface area contributed by atoms with Crippen molar-refractivity contribution in [2.45, 2.75) is 32.6 Å². The fraction of sp³-hybridized carbons (Fsp3) is 0.259. The second-order valence-electron chi connectivity index (χ2n) is 7.78. The first-order valence-corrected chi connectivity index (χ1v) is 11.5. The number of amides is 3. The normalized spacial score (nSPS) is 10.4. The molecule has 0 saturated heterocycles. The molecule has 3 aromatic carbocycles. The number of hydrogen-bond acceptors (Lipinski definition) is 3. The van der Waals surface area contributed by atoms with Crippen molar-refractivity contribution in [1.29, 1.82) is 0 Å². The highest BCUT2D eigenvalue weighted by Crippen LogP contribution is 2.25. The summed E-state index contributed by atoms with van der Waals surface area (Å²) in [4.78, 5) is 26.6. The molecule has 0 aliphatic heterocycles. The molecule has 0 bridgehead atoms. The first-order valence-electron chi connectivity index (χ1n) is 11.5. The molecule has 0 atom stereocenters. The van der Waals surface area contributed by atoms with Crippen LogP contribution in [0.3, 0.4) is 0 Å². The zero-order valence-electron chi connectivity index (χ0n) is 19.3. The van der Waals surface area contributed by atoms with E-state index in [1.54, 1.807) is 36.4 Å². The van der Waals surface area contributed by atoms with Crippen LogP contribution in [-0.4, -0.2) is 25.0 Å². The lowest BCUT2D eigenvalue weighted by Crippen LogP contribution is -2.41. The van der Waals surface area contributed by atoms with E-state index in [2.05, 4.69) is 17.6 Å². The van der Waals surface area contributed by atoms with Crippen LogP contribution in [0.1, 0.15) is 32.6 Å². The van der Waals surface area contributed by atoms with Crippen molar-refractivity contribution in [3.05, 3.63) is 84.7 Å². The second-order valence-corrected chi connectivity index (χ2v) is 7.78. The van der Waals surface area contributed by atoms with Gasteiger partial charge in [-0.3, -0.25) is 9.69 Å². The van der Waals surface area contributed by atoms with Gasteiger partial charge in [-0.05, 0) is 55.0 Å². The topological polar surface area (TPSA) is 70.7 Å². The average Bonchev–Trinajstić information content (AvgIpc) is 2.85. The van der Waals surface area contributed by atoms with Crippen LogP contribution in [0.15, 0.2) is 78.9 Å². The maximum absolute atomic E-state index is 14.1. The van der Waals surface area contributed by atoms with Gasteiger partial charge in [0, 0.05) is 25.2 Å². The lowest BCUT2D eigenvalue weighted by molar-refractivity contribution is -0.121. The highest BCUT2D eigenvalue weighted by atomic mass is 19.1. The first kappa shape index (κ1) is 24.8. The Morgan fingerprint density at radius 1 is 0.882 bits per heavy atom. The van der Waals surface area contributed by atoms with E-state index in [9.17, 15) is 14.0 Å². The third-order valence-corrected chi connectivity index (χ3v) is 5.15. The van der Waals surface area contributed by atoms with E-state index in [0.29, 0.717) is 23.6 Å². The van der Waals surface area contributed by atoms with Gasteiger partial charge in [0.15, 0.2) is 0 Å². The van der Waals surface area contributed by atoms with Crippen molar-refractivity contribution in [3.63, 3.8) is 0 Å². The average molecular weight is 464 g/mol. The van der Waals surface area contributed by atoms with Crippen molar-refractivity contribution in [2.24, 2.45) is 0 Å². The summed E-state index contributed by atoms with van der Waals surface area (Å²) >= 11 is 0. The van der Waals surface area contributed by atoms with Crippen molar-refractivity contribution in [2.75, 3.05) is 23.3 Å². The molecule has 0 spiro atoms. The van der Waals surface area contributed by atoms with E-state index in [1.165, 1.54) is 17.0 Å². The number of carbonyl (C=O) groups excluding carboxylic acids is 2. The molecule has 0 radical (unpaired) electrons. The van der Waals surface area contributed by atoms with Crippen LogP contribution < -0.4 is 20.3 Å². The molecule has 0 aliphatic rings. The molecule has 3 rings (SSSR count). The summed E-state index contributed by atoms with van der Waals surface area (Å²) < 4.78 is 19.9. The largest absolute Gasteiger partial charge is 0.457 e. The van der Waals surface area contributed by atoms with Gasteiger partial charge >= 0.3 is 6.03 Å². The predicted octanol–water partition coefficient (Wildman–Crippen LogP) is 6.35. The summed E-state index contributed by atoms with van der Waals surface area (Å²) in [6, 6.07) is 21.9. The van der Waals surface area contributed by atoms with Crippen molar-refractivity contribution >= 4 is 23.3 Å². The molecule has 0 heterocycles. The van der Waals surface area contributed by atoms with E-state index in [4.69, 9.17) is 4.74 Å². The molecule has 0 fully saturated rings. The van der Waals surface area contributed by atoms with E-state index >= 15 is 0 Å². The standard InChI is InChI=1S/C27H30FN3O3/c1-2-3-5-14-26(32)29-19-20-31(27(33)30-25-13-9-8-12-24(25)28)21-15-17-23(18-16-21)34-22-10-6-4-7-11-22/h4,6-13,15-18H,2-3,5,14,19-20H2,1H3,(H,29,32)(H,30,33). The van der Waals surface area contributed by atoms with Gasteiger partial charge in [0.1, 0.15) is 17.3 Å². The quantitative estimate of drug-likeness (QED) is 0.325. The zero-order chi connectivity index (χ0) is 24.2. The summed E-state index contributed by atoms with van der Waals surface area (Å²) in [5.74, 6) is 0.755. The number of para-hydroxylation sites is 2. The Morgan fingerprint density at radius 2 is 1.56 bits per heavy atom. The maximum atomic E-state index is 14.1. The minimum absolute atomic E-state index is 0.0467. The number of hydrogen-bond donors (Lipinski definition) is 2. The number of anilines is 2. The fourth-order valence-corrected chi connectivity index (χ4v) is 3.34.